The van der Waals surface area contributed by atoms with Crippen LogP contribution in [0.15, 0.2) is 12.2 Å². The van der Waals surface area contributed by atoms with Gasteiger partial charge in [0.25, 0.3) is 0 Å². The van der Waals surface area contributed by atoms with Gasteiger partial charge in [0.2, 0.25) is 5.91 Å². The number of aliphatic carboxylic acids is 1. The number of unbranched alkanes of at least 4 members (excludes halogenated alkanes) is 9. The van der Waals surface area contributed by atoms with Crippen molar-refractivity contribution in [1.29, 1.82) is 0 Å². The minimum atomic E-state index is -1.03. The van der Waals surface area contributed by atoms with Crippen molar-refractivity contribution in [1.82, 2.24) is 4.90 Å². The summed E-state index contributed by atoms with van der Waals surface area (Å²) >= 11 is 0. The number of rotatable bonds is 18. The fraction of sp³-hybridized carbons (Fsp3) is 0.810. The Morgan fingerprint density at radius 2 is 1.41 bits per heavy atom. The standard InChI is InChI=1S/C21H39NO5/c1-2-3-4-5-6-7-8-9-10-11-12-13-19(21(26)27)18-20(25)22(14-16-23)15-17-24/h12-13,19,23-24H,2-11,14-18H2,1H3,(H,26,27). The number of amides is 1. The lowest BCUT2D eigenvalue weighted by molar-refractivity contribution is -0.144. The second-order valence-electron chi connectivity index (χ2n) is 7.02. The van der Waals surface area contributed by atoms with Crippen LogP contribution in [0.3, 0.4) is 0 Å². The molecular formula is C21H39NO5. The molecule has 0 aliphatic carbocycles. The number of carbonyl (C=O) groups excluding carboxylic acids is 1. The fourth-order valence-electron chi connectivity index (χ4n) is 2.99. The first kappa shape index (κ1) is 25.6. The Morgan fingerprint density at radius 1 is 0.889 bits per heavy atom. The second kappa shape index (κ2) is 18.0. The van der Waals surface area contributed by atoms with Gasteiger partial charge in [0, 0.05) is 19.5 Å². The molecule has 1 atom stereocenters. The first-order valence-corrected chi connectivity index (χ1v) is 10.5. The van der Waals surface area contributed by atoms with Gasteiger partial charge in [-0.3, -0.25) is 9.59 Å². The van der Waals surface area contributed by atoms with E-state index >= 15 is 0 Å². The van der Waals surface area contributed by atoms with Crippen molar-refractivity contribution in [2.24, 2.45) is 5.92 Å². The van der Waals surface area contributed by atoms with E-state index in [1.165, 1.54) is 49.8 Å². The molecule has 1 amide bonds. The van der Waals surface area contributed by atoms with Crippen LogP contribution in [-0.4, -0.2) is 58.4 Å². The monoisotopic (exact) mass is 385 g/mol. The van der Waals surface area contributed by atoms with Crippen molar-refractivity contribution in [3.8, 4) is 0 Å². The highest BCUT2D eigenvalue weighted by Gasteiger charge is 2.21. The zero-order valence-corrected chi connectivity index (χ0v) is 16.9. The molecule has 0 saturated carbocycles. The molecule has 27 heavy (non-hydrogen) atoms. The minimum Gasteiger partial charge on any atom is -0.481 e. The number of allylic oxidation sites excluding steroid dienone is 1. The molecule has 0 aliphatic rings. The highest BCUT2D eigenvalue weighted by atomic mass is 16.4. The largest absolute Gasteiger partial charge is 0.481 e. The maximum absolute atomic E-state index is 12.1. The number of carbonyl (C=O) groups is 2. The Bertz CT molecular complexity index is 405. The van der Waals surface area contributed by atoms with E-state index in [4.69, 9.17) is 10.2 Å². The molecule has 0 saturated heterocycles. The number of carboxylic acid groups (broad SMARTS) is 1. The van der Waals surface area contributed by atoms with Crippen molar-refractivity contribution in [2.45, 2.75) is 77.6 Å². The van der Waals surface area contributed by atoms with E-state index < -0.39 is 11.9 Å². The summed E-state index contributed by atoms with van der Waals surface area (Å²) < 4.78 is 0. The molecule has 0 aromatic carbocycles. The van der Waals surface area contributed by atoms with Gasteiger partial charge in [-0.15, -0.1) is 0 Å². The van der Waals surface area contributed by atoms with Gasteiger partial charge in [0.1, 0.15) is 0 Å². The Labute approximate surface area is 164 Å². The summed E-state index contributed by atoms with van der Waals surface area (Å²) in [4.78, 5) is 24.8. The average molecular weight is 386 g/mol. The Balaban J connectivity index is 4.05. The van der Waals surface area contributed by atoms with E-state index in [-0.39, 0.29) is 38.6 Å². The van der Waals surface area contributed by atoms with Crippen molar-refractivity contribution in [3.05, 3.63) is 12.2 Å². The van der Waals surface area contributed by atoms with Crippen LogP contribution in [0.2, 0.25) is 0 Å². The highest BCUT2D eigenvalue weighted by Crippen LogP contribution is 2.13. The minimum absolute atomic E-state index is 0.105. The van der Waals surface area contributed by atoms with E-state index in [9.17, 15) is 14.7 Å². The molecule has 0 aliphatic heterocycles. The van der Waals surface area contributed by atoms with Gasteiger partial charge in [0.05, 0.1) is 19.1 Å². The predicted molar refractivity (Wildman–Crippen MR) is 107 cm³/mol. The summed E-state index contributed by atoms with van der Waals surface area (Å²) in [6.45, 7) is 2.01. The van der Waals surface area contributed by atoms with Gasteiger partial charge >= 0.3 is 5.97 Å². The van der Waals surface area contributed by atoms with Crippen LogP contribution in [0.25, 0.3) is 0 Å². The van der Waals surface area contributed by atoms with E-state index in [1.807, 2.05) is 6.08 Å². The van der Waals surface area contributed by atoms with Gasteiger partial charge < -0.3 is 20.2 Å². The first-order valence-electron chi connectivity index (χ1n) is 10.5. The first-order chi connectivity index (χ1) is 13.1. The van der Waals surface area contributed by atoms with Gasteiger partial charge in [-0.25, -0.2) is 0 Å². The number of hydrogen-bond acceptors (Lipinski definition) is 4. The molecule has 0 bridgehead atoms. The molecule has 0 spiro atoms. The molecule has 0 radical (unpaired) electrons. The normalized spacial score (nSPS) is 12.4. The Morgan fingerprint density at radius 3 is 1.89 bits per heavy atom. The molecule has 3 N–H and O–H groups in total. The van der Waals surface area contributed by atoms with E-state index in [0.29, 0.717) is 0 Å². The van der Waals surface area contributed by atoms with Crippen LogP contribution in [0.1, 0.15) is 77.6 Å². The van der Waals surface area contributed by atoms with Gasteiger partial charge in [-0.2, -0.15) is 0 Å². The third-order valence-electron chi connectivity index (χ3n) is 4.65. The number of nitrogens with zero attached hydrogens (tertiary/aromatic N) is 1. The van der Waals surface area contributed by atoms with Crippen molar-refractivity contribution >= 4 is 11.9 Å². The zero-order valence-electron chi connectivity index (χ0n) is 16.9. The van der Waals surface area contributed by atoms with E-state index in [0.717, 1.165) is 19.3 Å². The van der Waals surface area contributed by atoms with Crippen LogP contribution >= 0.6 is 0 Å². The molecule has 6 heteroatoms. The van der Waals surface area contributed by atoms with Crippen LogP contribution in [0, 0.1) is 5.92 Å². The molecular weight excluding hydrogens is 346 g/mol. The molecule has 1 unspecified atom stereocenters. The lowest BCUT2D eigenvalue weighted by Crippen LogP contribution is -2.37. The molecule has 0 rings (SSSR count). The van der Waals surface area contributed by atoms with Crippen LogP contribution in [-0.2, 0) is 9.59 Å². The van der Waals surface area contributed by atoms with Crippen LogP contribution < -0.4 is 0 Å². The lowest BCUT2D eigenvalue weighted by Gasteiger charge is -2.21. The number of hydrogen-bond donors (Lipinski definition) is 3. The van der Waals surface area contributed by atoms with Crippen molar-refractivity contribution in [3.63, 3.8) is 0 Å². The third-order valence-corrected chi connectivity index (χ3v) is 4.65. The van der Waals surface area contributed by atoms with Crippen LogP contribution in [0.4, 0.5) is 0 Å². The van der Waals surface area contributed by atoms with E-state index in [1.54, 1.807) is 6.08 Å². The van der Waals surface area contributed by atoms with Gasteiger partial charge in [0.15, 0.2) is 0 Å². The Kier molecular flexibility index (Phi) is 17.1. The smallest absolute Gasteiger partial charge is 0.310 e. The average Bonchev–Trinajstić information content (AvgIpc) is 2.64. The summed E-state index contributed by atoms with van der Waals surface area (Å²) in [5, 5.41) is 27.2. The summed E-state index contributed by atoms with van der Waals surface area (Å²) in [7, 11) is 0. The summed E-state index contributed by atoms with van der Waals surface area (Å²) in [5.74, 6) is -2.26. The molecule has 0 aromatic rings. The molecule has 0 aromatic heterocycles. The maximum atomic E-state index is 12.1. The van der Waals surface area contributed by atoms with Gasteiger partial charge in [-0.1, -0.05) is 70.4 Å². The predicted octanol–water partition coefficient (Wildman–Crippen LogP) is 3.37. The van der Waals surface area contributed by atoms with Crippen molar-refractivity contribution < 1.29 is 24.9 Å². The molecule has 0 fully saturated rings. The number of aliphatic hydroxyl groups is 2. The summed E-state index contributed by atoms with van der Waals surface area (Å²) in [5.41, 5.74) is 0. The number of aliphatic hydroxyl groups excluding tert-OH is 2. The topological polar surface area (TPSA) is 98.1 Å². The zero-order chi connectivity index (χ0) is 20.3. The van der Waals surface area contributed by atoms with E-state index in [2.05, 4.69) is 6.92 Å². The van der Waals surface area contributed by atoms with Crippen LogP contribution in [0.5, 0.6) is 0 Å². The quantitative estimate of drug-likeness (QED) is 0.248. The molecule has 158 valence electrons. The fourth-order valence-corrected chi connectivity index (χ4v) is 2.99. The van der Waals surface area contributed by atoms with Gasteiger partial charge in [-0.05, 0) is 12.8 Å². The SMILES string of the molecule is CCCCCCCCCCCC=CC(CC(=O)N(CCO)CCO)C(=O)O. The summed E-state index contributed by atoms with van der Waals surface area (Å²) in [6.07, 6.45) is 15.4. The summed E-state index contributed by atoms with van der Waals surface area (Å²) in [6, 6.07) is 0. The second-order valence-corrected chi connectivity index (χ2v) is 7.02. The maximum Gasteiger partial charge on any atom is 0.310 e. The third kappa shape index (κ3) is 14.3. The lowest BCUT2D eigenvalue weighted by atomic mass is 10.0. The highest BCUT2D eigenvalue weighted by molar-refractivity contribution is 5.83. The van der Waals surface area contributed by atoms with Crippen molar-refractivity contribution in [2.75, 3.05) is 26.3 Å². The Hall–Kier alpha value is -1.40. The number of carboxylic acids is 1. The molecule has 6 nitrogen and oxygen atoms in total. The molecule has 0 heterocycles.